The normalized spacial score (nSPS) is 17.2. The van der Waals surface area contributed by atoms with Gasteiger partial charge in [0.2, 0.25) is 0 Å². The van der Waals surface area contributed by atoms with E-state index in [1.807, 2.05) is 0 Å². The van der Waals surface area contributed by atoms with Gasteiger partial charge in [0, 0.05) is 0 Å². The van der Waals surface area contributed by atoms with Crippen molar-refractivity contribution in [2.75, 3.05) is 0 Å². The van der Waals surface area contributed by atoms with Crippen molar-refractivity contribution in [2.24, 2.45) is 0 Å². The Hall–Kier alpha value is -1.91. The van der Waals surface area contributed by atoms with Gasteiger partial charge in [-0.2, -0.15) is 0 Å². The van der Waals surface area contributed by atoms with E-state index in [0.29, 0.717) is 11.3 Å². The fourth-order valence-corrected chi connectivity index (χ4v) is 2.82. The first-order valence-corrected chi connectivity index (χ1v) is 6.92. The van der Waals surface area contributed by atoms with E-state index < -0.39 is 6.10 Å². The van der Waals surface area contributed by atoms with Gasteiger partial charge in [-0.05, 0) is 29.8 Å². The molecule has 1 heterocycles. The minimum Gasteiger partial charge on any atom is -0.507 e. The number of phenolic OH excluding ortho intramolecular Hbond substituents is 2. The van der Waals surface area contributed by atoms with Crippen LogP contribution >= 0.6 is 23.2 Å². The molecule has 0 saturated carbocycles. The van der Waals surface area contributed by atoms with Gasteiger partial charge in [-0.25, -0.2) is 0 Å². The highest BCUT2D eigenvalue weighted by atomic mass is 35.5. The maximum absolute atomic E-state index is 12.2. The van der Waals surface area contributed by atoms with E-state index in [2.05, 4.69) is 0 Å². The van der Waals surface area contributed by atoms with Crippen LogP contribution in [0.15, 0.2) is 30.3 Å². The average Bonchev–Trinajstić information content (AvgIpc) is 2.44. The number of hydrogen-bond donors (Lipinski definition) is 2. The summed E-state index contributed by atoms with van der Waals surface area (Å²) in [6, 6.07) is 7.67. The van der Waals surface area contributed by atoms with Crippen LogP contribution in [0.1, 0.15) is 28.4 Å². The molecule has 0 fully saturated rings. The largest absolute Gasteiger partial charge is 0.507 e. The number of ether oxygens (including phenoxy) is 1. The first-order valence-electron chi connectivity index (χ1n) is 6.17. The number of halogens is 2. The van der Waals surface area contributed by atoms with Gasteiger partial charge >= 0.3 is 0 Å². The zero-order valence-electron chi connectivity index (χ0n) is 10.6. The van der Waals surface area contributed by atoms with Crippen molar-refractivity contribution in [3.63, 3.8) is 0 Å². The van der Waals surface area contributed by atoms with Crippen molar-refractivity contribution in [3.8, 4) is 17.2 Å². The molecule has 2 aromatic carbocycles. The maximum Gasteiger partial charge on any atom is 0.174 e. The van der Waals surface area contributed by atoms with Gasteiger partial charge in [-0.1, -0.05) is 29.3 Å². The second-order valence-electron chi connectivity index (χ2n) is 4.72. The molecule has 3 rings (SSSR count). The van der Waals surface area contributed by atoms with E-state index >= 15 is 0 Å². The number of Topliss-reactive ketones (excluding diaryl/α,β-unsaturated/α-hetero) is 1. The number of carbonyl (C=O) groups is 1. The summed E-state index contributed by atoms with van der Waals surface area (Å²) in [6.07, 6.45) is -0.510. The molecular weight excluding hydrogens is 315 g/mol. The van der Waals surface area contributed by atoms with Crippen LogP contribution in [-0.2, 0) is 0 Å². The number of ketones is 1. The first-order chi connectivity index (χ1) is 9.97. The molecule has 0 aliphatic carbocycles. The molecule has 1 aliphatic heterocycles. The fourth-order valence-electron chi connectivity index (χ4n) is 2.32. The lowest BCUT2D eigenvalue weighted by molar-refractivity contribution is 0.0845. The molecule has 1 unspecified atom stereocenters. The van der Waals surface area contributed by atoms with Gasteiger partial charge in [-0.15, -0.1) is 0 Å². The van der Waals surface area contributed by atoms with Crippen LogP contribution in [0, 0.1) is 0 Å². The highest BCUT2D eigenvalue weighted by Crippen LogP contribution is 2.41. The van der Waals surface area contributed by atoms with Crippen LogP contribution in [0.4, 0.5) is 0 Å². The molecule has 4 nitrogen and oxygen atoms in total. The van der Waals surface area contributed by atoms with Crippen molar-refractivity contribution < 1.29 is 19.7 Å². The molecule has 0 bridgehead atoms. The molecule has 6 heteroatoms. The average molecular weight is 325 g/mol. The molecule has 0 saturated heterocycles. The van der Waals surface area contributed by atoms with E-state index in [1.54, 1.807) is 12.1 Å². The fraction of sp³-hybridized carbons (Fsp3) is 0.133. The molecule has 2 aromatic rings. The summed E-state index contributed by atoms with van der Waals surface area (Å²) >= 11 is 11.8. The summed E-state index contributed by atoms with van der Waals surface area (Å²) in [5.41, 5.74) is 0.773. The van der Waals surface area contributed by atoms with Gasteiger partial charge < -0.3 is 14.9 Å². The third kappa shape index (κ3) is 2.41. The first kappa shape index (κ1) is 14.0. The Morgan fingerprint density at radius 2 is 1.81 bits per heavy atom. The molecule has 0 radical (unpaired) electrons. The third-order valence-corrected chi connectivity index (χ3v) is 3.91. The van der Waals surface area contributed by atoms with Crippen LogP contribution in [0.25, 0.3) is 0 Å². The summed E-state index contributed by atoms with van der Waals surface area (Å²) in [6.45, 7) is 0. The lowest BCUT2D eigenvalue weighted by Gasteiger charge is -2.26. The Labute approximate surface area is 130 Å². The molecule has 0 spiro atoms. The van der Waals surface area contributed by atoms with Gasteiger partial charge in [-0.3, -0.25) is 4.79 Å². The number of benzene rings is 2. The molecule has 1 atom stereocenters. The number of fused-ring (bicyclic) bond motifs is 1. The predicted octanol–water partition coefficient (Wildman–Crippen LogP) is 4.11. The molecule has 1 aliphatic rings. The van der Waals surface area contributed by atoms with Gasteiger partial charge in [0.15, 0.2) is 11.5 Å². The van der Waals surface area contributed by atoms with E-state index in [-0.39, 0.29) is 39.3 Å². The molecule has 21 heavy (non-hydrogen) atoms. The van der Waals surface area contributed by atoms with Crippen LogP contribution in [0.5, 0.6) is 17.2 Å². The number of aromatic hydroxyl groups is 2. The zero-order chi connectivity index (χ0) is 15.1. The lowest BCUT2D eigenvalue weighted by atomic mass is 9.95. The number of hydrogen-bond acceptors (Lipinski definition) is 4. The van der Waals surface area contributed by atoms with Crippen molar-refractivity contribution in [1.29, 1.82) is 0 Å². The molecule has 2 N–H and O–H groups in total. The topological polar surface area (TPSA) is 66.8 Å². The summed E-state index contributed by atoms with van der Waals surface area (Å²) in [7, 11) is 0. The molecular formula is C15H10Cl2O4. The Balaban J connectivity index is 2.02. The Morgan fingerprint density at radius 1 is 1.14 bits per heavy atom. The molecule has 0 aromatic heterocycles. The van der Waals surface area contributed by atoms with Crippen molar-refractivity contribution in [3.05, 3.63) is 51.5 Å². The van der Waals surface area contributed by atoms with Crippen LogP contribution in [-0.4, -0.2) is 16.0 Å². The standard InChI is InChI=1S/C15H10Cl2O4/c16-8-4-7(5-9(17)15(8)20)13-6-11(19)14-10(18)2-1-3-12(14)21-13/h1-5,13,18,20H,6H2. The van der Waals surface area contributed by atoms with Crippen LogP contribution in [0.2, 0.25) is 10.0 Å². The molecule has 108 valence electrons. The molecule has 0 amide bonds. The van der Waals surface area contributed by atoms with Crippen molar-refractivity contribution in [2.45, 2.75) is 12.5 Å². The van der Waals surface area contributed by atoms with E-state index in [1.165, 1.54) is 18.2 Å². The zero-order valence-corrected chi connectivity index (χ0v) is 12.1. The second kappa shape index (κ2) is 5.13. The van der Waals surface area contributed by atoms with Gasteiger partial charge in [0.25, 0.3) is 0 Å². The number of phenols is 2. The highest BCUT2D eigenvalue weighted by Gasteiger charge is 2.30. The minimum absolute atomic E-state index is 0.0575. The Morgan fingerprint density at radius 3 is 2.48 bits per heavy atom. The van der Waals surface area contributed by atoms with E-state index in [9.17, 15) is 15.0 Å². The number of carbonyl (C=O) groups excluding carboxylic acids is 1. The second-order valence-corrected chi connectivity index (χ2v) is 5.53. The van der Waals surface area contributed by atoms with Crippen molar-refractivity contribution in [1.82, 2.24) is 0 Å². The minimum atomic E-state index is -0.567. The van der Waals surface area contributed by atoms with E-state index in [0.717, 1.165) is 0 Å². The van der Waals surface area contributed by atoms with Crippen LogP contribution in [0.3, 0.4) is 0 Å². The van der Waals surface area contributed by atoms with E-state index in [4.69, 9.17) is 27.9 Å². The predicted molar refractivity (Wildman–Crippen MR) is 78.6 cm³/mol. The lowest BCUT2D eigenvalue weighted by Crippen LogP contribution is -2.20. The third-order valence-electron chi connectivity index (χ3n) is 3.33. The smallest absolute Gasteiger partial charge is 0.174 e. The summed E-state index contributed by atoms with van der Waals surface area (Å²) in [4.78, 5) is 12.2. The monoisotopic (exact) mass is 324 g/mol. The SMILES string of the molecule is O=C1CC(c2cc(Cl)c(O)c(Cl)c2)Oc2cccc(O)c21. The highest BCUT2D eigenvalue weighted by molar-refractivity contribution is 6.37. The van der Waals surface area contributed by atoms with Gasteiger partial charge in [0.05, 0.1) is 16.5 Å². The summed E-state index contributed by atoms with van der Waals surface area (Å²) < 4.78 is 5.74. The van der Waals surface area contributed by atoms with Crippen molar-refractivity contribution >= 4 is 29.0 Å². The quantitative estimate of drug-likeness (QED) is 0.828. The summed E-state index contributed by atoms with van der Waals surface area (Å²) in [5.74, 6) is -0.212. The number of rotatable bonds is 1. The van der Waals surface area contributed by atoms with Crippen LogP contribution < -0.4 is 4.74 Å². The summed E-state index contributed by atoms with van der Waals surface area (Å²) in [5, 5.41) is 19.5. The Kier molecular flexibility index (Phi) is 3.43. The Bertz CT molecular complexity index is 719. The maximum atomic E-state index is 12.2. The van der Waals surface area contributed by atoms with Gasteiger partial charge in [0.1, 0.15) is 23.2 Å².